The Labute approximate surface area is 109 Å². The zero-order chi connectivity index (χ0) is 11.7. The molecule has 0 aromatic heterocycles. The maximum Gasteiger partial charge on any atom is 0.144 e. The van der Waals surface area contributed by atoms with Crippen LogP contribution in [0.4, 0.5) is 0 Å². The Balaban J connectivity index is 2.45. The van der Waals surface area contributed by atoms with E-state index in [-0.39, 0.29) is 12.1 Å². The van der Waals surface area contributed by atoms with Crippen molar-refractivity contribution in [2.45, 2.75) is 32.4 Å². The van der Waals surface area contributed by atoms with Gasteiger partial charge in [0.2, 0.25) is 0 Å². The molecule has 2 atom stereocenters. The minimum Gasteiger partial charge on any atom is -0.486 e. The normalized spacial score (nSPS) is 23.0. The summed E-state index contributed by atoms with van der Waals surface area (Å²) in [7, 11) is 0. The number of likely N-dealkylation sites (N-methyl/N-ethyl adjacent to an activating group) is 1. The molecule has 1 aromatic rings. The molecule has 0 amide bonds. The summed E-state index contributed by atoms with van der Waals surface area (Å²) < 4.78 is 6.97. The van der Waals surface area contributed by atoms with Gasteiger partial charge in [-0.15, -0.1) is 0 Å². The molecule has 16 heavy (non-hydrogen) atoms. The number of hydrogen-bond acceptors (Lipinski definition) is 2. The van der Waals surface area contributed by atoms with E-state index in [4.69, 9.17) is 16.3 Å². The third-order valence-electron chi connectivity index (χ3n) is 2.87. The van der Waals surface area contributed by atoms with Crippen LogP contribution in [0, 0.1) is 0 Å². The maximum absolute atomic E-state index is 6.16. The Bertz CT molecular complexity index is 397. The summed E-state index contributed by atoms with van der Waals surface area (Å²) in [6.07, 6.45) is 1.14. The SMILES string of the molecule is CCNC1c2c(Br)ccc(Cl)c2OC1CC. The summed E-state index contributed by atoms with van der Waals surface area (Å²) in [5, 5.41) is 4.15. The Morgan fingerprint density at radius 3 is 2.81 bits per heavy atom. The molecule has 88 valence electrons. The fourth-order valence-electron chi connectivity index (χ4n) is 2.14. The molecule has 0 spiro atoms. The van der Waals surface area contributed by atoms with Gasteiger partial charge in [0, 0.05) is 10.0 Å². The molecule has 1 heterocycles. The van der Waals surface area contributed by atoms with Crippen LogP contribution in [0.1, 0.15) is 31.9 Å². The largest absolute Gasteiger partial charge is 0.486 e. The van der Waals surface area contributed by atoms with Crippen molar-refractivity contribution < 1.29 is 4.74 Å². The van der Waals surface area contributed by atoms with Crippen LogP contribution in [0.25, 0.3) is 0 Å². The fraction of sp³-hybridized carbons (Fsp3) is 0.500. The highest BCUT2D eigenvalue weighted by atomic mass is 79.9. The minimum absolute atomic E-state index is 0.172. The lowest BCUT2D eigenvalue weighted by Crippen LogP contribution is -2.30. The van der Waals surface area contributed by atoms with E-state index in [0.29, 0.717) is 5.02 Å². The van der Waals surface area contributed by atoms with Gasteiger partial charge < -0.3 is 10.1 Å². The maximum atomic E-state index is 6.16. The number of fused-ring (bicyclic) bond motifs is 1. The lowest BCUT2D eigenvalue weighted by atomic mass is 10.0. The van der Waals surface area contributed by atoms with E-state index >= 15 is 0 Å². The molecule has 1 aliphatic heterocycles. The van der Waals surface area contributed by atoms with Crippen LogP contribution < -0.4 is 10.1 Å². The first kappa shape index (κ1) is 12.2. The zero-order valence-corrected chi connectivity index (χ0v) is 11.7. The van der Waals surface area contributed by atoms with Gasteiger partial charge in [0.05, 0.1) is 11.1 Å². The lowest BCUT2D eigenvalue weighted by Gasteiger charge is -2.18. The van der Waals surface area contributed by atoms with Crippen LogP contribution in [0.2, 0.25) is 5.02 Å². The van der Waals surface area contributed by atoms with Crippen LogP contribution in [-0.4, -0.2) is 12.6 Å². The third kappa shape index (κ3) is 1.96. The van der Waals surface area contributed by atoms with Crippen LogP contribution in [0.3, 0.4) is 0 Å². The van der Waals surface area contributed by atoms with Crippen LogP contribution in [-0.2, 0) is 0 Å². The van der Waals surface area contributed by atoms with Crippen molar-refractivity contribution in [3.8, 4) is 5.75 Å². The molecule has 0 aliphatic carbocycles. The molecule has 0 bridgehead atoms. The van der Waals surface area contributed by atoms with Gasteiger partial charge in [0.1, 0.15) is 11.9 Å². The van der Waals surface area contributed by atoms with Crippen molar-refractivity contribution in [1.29, 1.82) is 0 Å². The highest BCUT2D eigenvalue weighted by molar-refractivity contribution is 9.10. The molecule has 0 radical (unpaired) electrons. The quantitative estimate of drug-likeness (QED) is 0.914. The molecule has 2 unspecified atom stereocenters. The number of hydrogen-bond donors (Lipinski definition) is 1. The number of benzene rings is 1. The second kappa shape index (κ2) is 4.94. The molecule has 0 fully saturated rings. The van der Waals surface area contributed by atoms with E-state index in [1.807, 2.05) is 12.1 Å². The summed E-state index contributed by atoms with van der Waals surface area (Å²) in [5.74, 6) is 0.828. The van der Waals surface area contributed by atoms with E-state index in [1.165, 1.54) is 0 Å². The summed E-state index contributed by atoms with van der Waals surface area (Å²) in [6.45, 7) is 5.15. The van der Waals surface area contributed by atoms with Gasteiger partial charge in [-0.05, 0) is 25.1 Å². The van der Waals surface area contributed by atoms with Crippen molar-refractivity contribution in [3.05, 3.63) is 27.2 Å². The summed E-state index contributed by atoms with van der Waals surface area (Å²) in [6, 6.07) is 4.08. The fourth-order valence-corrected chi connectivity index (χ4v) is 2.90. The number of halogens is 2. The van der Waals surface area contributed by atoms with Crippen LogP contribution in [0.15, 0.2) is 16.6 Å². The lowest BCUT2D eigenvalue weighted by molar-refractivity contribution is 0.186. The molecular weight excluding hydrogens is 289 g/mol. The Morgan fingerprint density at radius 1 is 1.44 bits per heavy atom. The summed E-state index contributed by atoms with van der Waals surface area (Å²) in [5.41, 5.74) is 1.15. The smallest absolute Gasteiger partial charge is 0.144 e. The van der Waals surface area contributed by atoms with Gasteiger partial charge in [-0.2, -0.15) is 0 Å². The molecule has 2 rings (SSSR count). The van der Waals surface area contributed by atoms with E-state index in [0.717, 1.165) is 28.8 Å². The standard InChI is InChI=1S/C12H15BrClNO/c1-3-9-11(15-4-2)10-7(13)5-6-8(14)12(10)16-9/h5-6,9,11,15H,3-4H2,1-2H3. The van der Waals surface area contributed by atoms with E-state index < -0.39 is 0 Å². The highest BCUT2D eigenvalue weighted by Gasteiger charge is 2.35. The number of nitrogens with one attached hydrogen (secondary N) is 1. The minimum atomic E-state index is 0.172. The van der Waals surface area contributed by atoms with Crippen molar-refractivity contribution in [3.63, 3.8) is 0 Å². The molecular formula is C12H15BrClNO. The number of rotatable bonds is 3. The molecule has 1 aliphatic rings. The predicted octanol–water partition coefficient (Wildman–Crippen LogP) is 3.92. The molecule has 2 nitrogen and oxygen atoms in total. The molecule has 0 saturated carbocycles. The highest BCUT2D eigenvalue weighted by Crippen LogP contribution is 2.46. The first-order valence-corrected chi connectivity index (χ1v) is 6.74. The molecule has 1 N–H and O–H groups in total. The molecule has 0 saturated heterocycles. The van der Waals surface area contributed by atoms with E-state index in [2.05, 4.69) is 35.1 Å². The topological polar surface area (TPSA) is 21.3 Å². The molecule has 1 aromatic carbocycles. The second-order valence-electron chi connectivity index (χ2n) is 3.87. The van der Waals surface area contributed by atoms with Crippen LogP contribution >= 0.6 is 27.5 Å². The third-order valence-corrected chi connectivity index (χ3v) is 3.86. The Morgan fingerprint density at radius 2 is 2.19 bits per heavy atom. The van der Waals surface area contributed by atoms with Crippen molar-refractivity contribution in [1.82, 2.24) is 5.32 Å². The monoisotopic (exact) mass is 303 g/mol. The van der Waals surface area contributed by atoms with Gasteiger partial charge in [-0.1, -0.05) is 41.4 Å². The van der Waals surface area contributed by atoms with Gasteiger partial charge >= 0.3 is 0 Å². The molecule has 4 heteroatoms. The first-order valence-electron chi connectivity index (χ1n) is 5.57. The van der Waals surface area contributed by atoms with Crippen molar-refractivity contribution in [2.75, 3.05) is 6.54 Å². The van der Waals surface area contributed by atoms with Crippen molar-refractivity contribution >= 4 is 27.5 Å². The summed E-state index contributed by atoms with van der Waals surface area (Å²) in [4.78, 5) is 0. The summed E-state index contributed by atoms with van der Waals surface area (Å²) >= 11 is 9.73. The van der Waals surface area contributed by atoms with E-state index in [9.17, 15) is 0 Å². The predicted molar refractivity (Wildman–Crippen MR) is 70.3 cm³/mol. The average molecular weight is 305 g/mol. The van der Waals surface area contributed by atoms with Gasteiger partial charge in [0.15, 0.2) is 0 Å². The van der Waals surface area contributed by atoms with Crippen molar-refractivity contribution in [2.24, 2.45) is 0 Å². The van der Waals surface area contributed by atoms with Gasteiger partial charge in [-0.3, -0.25) is 0 Å². The Hall–Kier alpha value is -0.250. The van der Waals surface area contributed by atoms with Gasteiger partial charge in [-0.25, -0.2) is 0 Å². The van der Waals surface area contributed by atoms with E-state index in [1.54, 1.807) is 0 Å². The first-order chi connectivity index (χ1) is 7.69. The second-order valence-corrected chi connectivity index (χ2v) is 5.13. The Kier molecular flexibility index (Phi) is 3.77. The van der Waals surface area contributed by atoms with Gasteiger partial charge in [0.25, 0.3) is 0 Å². The van der Waals surface area contributed by atoms with Crippen LogP contribution in [0.5, 0.6) is 5.75 Å². The number of ether oxygens (including phenoxy) is 1. The zero-order valence-electron chi connectivity index (χ0n) is 9.39. The average Bonchev–Trinajstić information content (AvgIpc) is 2.64.